The third-order valence-electron chi connectivity index (χ3n) is 3.13. The topological polar surface area (TPSA) is 88.5 Å². The number of nitrogens with one attached hydrogen (secondary N) is 1. The number of amides is 1. The maximum Gasteiger partial charge on any atom is 0.250 e. The molecule has 1 heterocycles. The van der Waals surface area contributed by atoms with Gasteiger partial charge in [-0.05, 0) is 30.3 Å². The summed E-state index contributed by atoms with van der Waals surface area (Å²) in [6.45, 7) is -0.114. The average molecular weight is 335 g/mol. The minimum absolute atomic E-state index is 0.114. The Balaban J connectivity index is 2.08. The lowest BCUT2D eigenvalue weighted by Gasteiger charge is -2.12. The predicted octanol–water partition coefficient (Wildman–Crippen LogP) is 0.737. The first-order chi connectivity index (χ1) is 10.8. The quantitative estimate of drug-likeness (QED) is 0.873. The molecule has 0 saturated carbocycles. The predicted molar refractivity (Wildman–Crippen MR) is 86.6 cm³/mol. The number of carbonyl (C=O) groups is 1. The Kier molecular flexibility index (Phi) is 4.97. The van der Waals surface area contributed by atoms with E-state index in [0.29, 0.717) is 5.69 Å². The lowest BCUT2D eigenvalue weighted by molar-refractivity contribution is -0.116. The molecule has 23 heavy (non-hydrogen) atoms. The number of benzene rings is 1. The Labute approximate surface area is 134 Å². The van der Waals surface area contributed by atoms with Crippen molar-refractivity contribution in [1.29, 1.82) is 0 Å². The summed E-state index contributed by atoms with van der Waals surface area (Å²) in [6, 6.07) is 10.5. The summed E-state index contributed by atoms with van der Waals surface area (Å²) in [7, 11) is -0.607. The van der Waals surface area contributed by atoms with E-state index in [9.17, 15) is 18.0 Å². The van der Waals surface area contributed by atoms with Gasteiger partial charge in [0.15, 0.2) is 0 Å². The lowest BCUT2D eigenvalue weighted by Crippen LogP contribution is -2.26. The van der Waals surface area contributed by atoms with Crippen molar-refractivity contribution in [2.75, 3.05) is 19.4 Å². The molecular weight excluding hydrogens is 318 g/mol. The fourth-order valence-corrected chi connectivity index (χ4v) is 2.77. The normalized spacial score (nSPS) is 11.4. The molecule has 1 aromatic heterocycles. The molecular formula is C15H17N3O4S. The van der Waals surface area contributed by atoms with Crippen LogP contribution in [0.3, 0.4) is 0 Å². The first-order valence-electron chi connectivity index (χ1n) is 6.78. The second-order valence-electron chi connectivity index (χ2n) is 5.03. The van der Waals surface area contributed by atoms with Gasteiger partial charge in [0.05, 0.1) is 4.90 Å². The van der Waals surface area contributed by atoms with Gasteiger partial charge in [-0.1, -0.05) is 6.07 Å². The Morgan fingerprint density at radius 1 is 1.13 bits per heavy atom. The van der Waals surface area contributed by atoms with E-state index in [-0.39, 0.29) is 22.9 Å². The summed E-state index contributed by atoms with van der Waals surface area (Å²) in [6.07, 6.45) is 1.52. The van der Waals surface area contributed by atoms with Crippen molar-refractivity contribution >= 4 is 21.6 Å². The van der Waals surface area contributed by atoms with Crippen LogP contribution in [0.15, 0.2) is 58.4 Å². The summed E-state index contributed by atoms with van der Waals surface area (Å²) in [5.41, 5.74) is 0.187. The Bertz CT molecular complexity index is 855. The van der Waals surface area contributed by atoms with E-state index < -0.39 is 10.0 Å². The monoisotopic (exact) mass is 335 g/mol. The van der Waals surface area contributed by atoms with Gasteiger partial charge in [-0.3, -0.25) is 9.59 Å². The van der Waals surface area contributed by atoms with E-state index >= 15 is 0 Å². The van der Waals surface area contributed by atoms with Crippen LogP contribution in [-0.4, -0.2) is 37.3 Å². The molecule has 7 nitrogen and oxygen atoms in total. The third-order valence-corrected chi connectivity index (χ3v) is 4.96. The van der Waals surface area contributed by atoms with Crippen molar-refractivity contribution in [3.63, 3.8) is 0 Å². The minimum atomic E-state index is -3.50. The zero-order chi connectivity index (χ0) is 17.0. The number of nitrogens with zero attached hydrogens (tertiary/aromatic N) is 2. The number of hydrogen-bond acceptors (Lipinski definition) is 4. The third kappa shape index (κ3) is 4.05. The van der Waals surface area contributed by atoms with Crippen LogP contribution in [0, 0.1) is 0 Å². The van der Waals surface area contributed by atoms with Crippen LogP contribution in [0.1, 0.15) is 0 Å². The fraction of sp³-hybridized carbons (Fsp3) is 0.200. The summed E-state index contributed by atoms with van der Waals surface area (Å²) in [5.74, 6) is -0.374. The van der Waals surface area contributed by atoms with Gasteiger partial charge in [0.25, 0.3) is 5.56 Å². The van der Waals surface area contributed by atoms with Gasteiger partial charge in [-0.25, -0.2) is 12.7 Å². The van der Waals surface area contributed by atoms with E-state index in [1.165, 1.54) is 55.2 Å². The molecule has 1 amide bonds. The molecule has 8 heteroatoms. The molecule has 0 unspecified atom stereocenters. The molecule has 0 aliphatic heterocycles. The summed E-state index contributed by atoms with van der Waals surface area (Å²) < 4.78 is 26.3. The second kappa shape index (κ2) is 6.76. The zero-order valence-electron chi connectivity index (χ0n) is 12.8. The lowest BCUT2D eigenvalue weighted by atomic mass is 10.3. The second-order valence-corrected chi connectivity index (χ2v) is 7.18. The average Bonchev–Trinajstić information content (AvgIpc) is 2.50. The van der Waals surface area contributed by atoms with Crippen molar-refractivity contribution in [1.82, 2.24) is 8.87 Å². The van der Waals surface area contributed by atoms with Crippen LogP contribution in [0.25, 0.3) is 0 Å². The molecule has 1 aromatic carbocycles. The molecule has 1 N–H and O–H groups in total. The molecule has 0 bridgehead atoms. The van der Waals surface area contributed by atoms with Gasteiger partial charge in [0, 0.05) is 32.0 Å². The number of anilines is 1. The van der Waals surface area contributed by atoms with Crippen LogP contribution < -0.4 is 10.9 Å². The van der Waals surface area contributed by atoms with Crippen molar-refractivity contribution < 1.29 is 13.2 Å². The Morgan fingerprint density at radius 2 is 1.78 bits per heavy atom. The SMILES string of the molecule is CN(C)S(=O)(=O)c1ccc(NC(=O)Cn2ccccc2=O)cc1. The molecule has 2 rings (SSSR count). The van der Waals surface area contributed by atoms with Crippen molar-refractivity contribution in [2.45, 2.75) is 11.4 Å². The van der Waals surface area contributed by atoms with E-state index in [1.807, 2.05) is 0 Å². The number of carbonyl (C=O) groups excluding carboxylic acids is 1. The van der Waals surface area contributed by atoms with Crippen LogP contribution in [-0.2, 0) is 21.4 Å². The van der Waals surface area contributed by atoms with Gasteiger partial charge >= 0.3 is 0 Å². The molecule has 0 spiro atoms. The Hall–Kier alpha value is -2.45. The number of aromatic nitrogens is 1. The maximum absolute atomic E-state index is 11.9. The van der Waals surface area contributed by atoms with Gasteiger partial charge in [-0.15, -0.1) is 0 Å². The highest BCUT2D eigenvalue weighted by atomic mass is 32.2. The molecule has 0 fully saturated rings. The minimum Gasteiger partial charge on any atom is -0.325 e. The van der Waals surface area contributed by atoms with Gasteiger partial charge in [0.1, 0.15) is 6.54 Å². The first-order valence-corrected chi connectivity index (χ1v) is 8.22. The fourth-order valence-electron chi connectivity index (χ4n) is 1.87. The van der Waals surface area contributed by atoms with E-state index in [4.69, 9.17) is 0 Å². The molecule has 0 atom stereocenters. The van der Waals surface area contributed by atoms with Gasteiger partial charge in [-0.2, -0.15) is 0 Å². The summed E-state index contributed by atoms with van der Waals surface area (Å²) >= 11 is 0. The summed E-state index contributed by atoms with van der Waals surface area (Å²) in [4.78, 5) is 23.6. The standard InChI is InChI=1S/C15H17N3O4S/c1-17(2)23(21,22)13-8-6-12(7-9-13)16-14(19)11-18-10-4-3-5-15(18)20/h3-10H,11H2,1-2H3,(H,16,19). The first kappa shape index (κ1) is 16.9. The van der Waals surface area contributed by atoms with Crippen LogP contribution in [0.4, 0.5) is 5.69 Å². The van der Waals surface area contributed by atoms with E-state index in [2.05, 4.69) is 5.32 Å². The van der Waals surface area contributed by atoms with Crippen molar-refractivity contribution in [3.8, 4) is 0 Å². The highest BCUT2D eigenvalue weighted by molar-refractivity contribution is 7.89. The number of sulfonamides is 1. The largest absolute Gasteiger partial charge is 0.325 e. The number of pyridine rings is 1. The molecule has 0 radical (unpaired) electrons. The molecule has 0 aliphatic carbocycles. The maximum atomic E-state index is 11.9. The number of hydrogen-bond donors (Lipinski definition) is 1. The molecule has 122 valence electrons. The van der Waals surface area contributed by atoms with Crippen molar-refractivity contribution in [2.24, 2.45) is 0 Å². The molecule has 0 saturated heterocycles. The summed E-state index contributed by atoms with van der Waals surface area (Å²) in [5, 5.41) is 2.62. The van der Waals surface area contributed by atoms with Crippen LogP contribution >= 0.6 is 0 Å². The highest BCUT2D eigenvalue weighted by Gasteiger charge is 2.16. The van der Waals surface area contributed by atoms with Gasteiger partial charge < -0.3 is 9.88 Å². The van der Waals surface area contributed by atoms with Crippen LogP contribution in [0.2, 0.25) is 0 Å². The molecule has 0 aliphatic rings. The zero-order valence-corrected chi connectivity index (χ0v) is 13.6. The number of rotatable bonds is 5. The smallest absolute Gasteiger partial charge is 0.250 e. The Morgan fingerprint density at radius 3 is 2.35 bits per heavy atom. The molecule has 2 aromatic rings. The highest BCUT2D eigenvalue weighted by Crippen LogP contribution is 2.16. The van der Waals surface area contributed by atoms with Gasteiger partial charge in [0.2, 0.25) is 15.9 Å². The van der Waals surface area contributed by atoms with E-state index in [1.54, 1.807) is 12.1 Å². The van der Waals surface area contributed by atoms with Crippen LogP contribution in [0.5, 0.6) is 0 Å². The van der Waals surface area contributed by atoms with Crippen molar-refractivity contribution in [3.05, 3.63) is 59.0 Å². The van der Waals surface area contributed by atoms with E-state index in [0.717, 1.165) is 4.31 Å².